The highest BCUT2D eigenvalue weighted by molar-refractivity contribution is 5.74. The summed E-state index contributed by atoms with van der Waals surface area (Å²) in [7, 11) is 0. The number of urea groups is 1. The van der Waals surface area contributed by atoms with Gasteiger partial charge in [-0.2, -0.15) is 0 Å². The number of carbonyl (C=O) groups is 2. The van der Waals surface area contributed by atoms with Gasteiger partial charge in [0.15, 0.2) is 0 Å². The molecule has 0 spiro atoms. The van der Waals surface area contributed by atoms with Gasteiger partial charge in [-0.05, 0) is 43.0 Å². The van der Waals surface area contributed by atoms with Crippen molar-refractivity contribution in [2.45, 2.75) is 31.8 Å². The van der Waals surface area contributed by atoms with Crippen LogP contribution in [0.3, 0.4) is 0 Å². The van der Waals surface area contributed by atoms with E-state index in [1.807, 2.05) is 24.3 Å². The highest BCUT2D eigenvalue weighted by Gasteiger charge is 2.22. The number of rotatable bonds is 7. The van der Waals surface area contributed by atoms with Crippen molar-refractivity contribution < 1.29 is 19.1 Å². The molecule has 3 amide bonds. The lowest BCUT2D eigenvalue weighted by Gasteiger charge is -2.33. The van der Waals surface area contributed by atoms with E-state index < -0.39 is 6.09 Å². The minimum absolute atomic E-state index is 0.170. The van der Waals surface area contributed by atoms with Crippen LogP contribution in [0.4, 0.5) is 19.7 Å². The molecule has 0 bridgehead atoms. The Morgan fingerprint density at radius 2 is 1.73 bits per heavy atom. The molecule has 0 saturated carbocycles. The van der Waals surface area contributed by atoms with Crippen molar-refractivity contribution in [1.82, 2.24) is 15.5 Å². The number of hydrogen-bond donors (Lipinski definition) is 4. The molecule has 1 aliphatic heterocycles. The van der Waals surface area contributed by atoms with Gasteiger partial charge in [-0.15, -0.1) is 0 Å². The average molecular weight is 414 g/mol. The van der Waals surface area contributed by atoms with Crippen LogP contribution in [0.5, 0.6) is 0 Å². The van der Waals surface area contributed by atoms with Gasteiger partial charge in [0.05, 0.1) is 0 Å². The van der Waals surface area contributed by atoms with Gasteiger partial charge in [0.2, 0.25) is 0 Å². The van der Waals surface area contributed by atoms with Crippen molar-refractivity contribution in [3.8, 4) is 0 Å². The van der Waals surface area contributed by atoms with E-state index in [4.69, 9.17) is 5.11 Å². The maximum absolute atomic E-state index is 13.7. The Hall–Kier alpha value is -3.29. The number of nitrogens with one attached hydrogen (secondary N) is 3. The molecule has 2 aromatic carbocycles. The molecule has 0 unspecified atom stereocenters. The Kier molecular flexibility index (Phi) is 7.48. The molecule has 0 aliphatic carbocycles. The lowest BCUT2D eigenvalue weighted by atomic mass is 10.0. The SMILES string of the molecule is O=C(O)NCCc1ccc(NC2CCN(C(=O)NCc3ccccc3F)CC2)cc1. The molecule has 1 saturated heterocycles. The highest BCUT2D eigenvalue weighted by atomic mass is 19.1. The molecule has 160 valence electrons. The summed E-state index contributed by atoms with van der Waals surface area (Å²) in [5.74, 6) is -0.315. The Balaban J connectivity index is 1.39. The number of amides is 3. The molecule has 3 rings (SSSR count). The predicted molar refractivity (Wildman–Crippen MR) is 113 cm³/mol. The maximum Gasteiger partial charge on any atom is 0.404 e. The topological polar surface area (TPSA) is 93.7 Å². The molecule has 0 aromatic heterocycles. The monoisotopic (exact) mass is 414 g/mol. The normalized spacial score (nSPS) is 14.2. The quantitative estimate of drug-likeness (QED) is 0.559. The summed E-state index contributed by atoms with van der Waals surface area (Å²) in [6.45, 7) is 1.84. The van der Waals surface area contributed by atoms with E-state index >= 15 is 0 Å². The average Bonchev–Trinajstić information content (AvgIpc) is 2.74. The molecular formula is C22H27FN4O3. The van der Waals surface area contributed by atoms with Crippen molar-refractivity contribution in [3.63, 3.8) is 0 Å². The van der Waals surface area contributed by atoms with Crippen LogP contribution in [0.25, 0.3) is 0 Å². The number of benzene rings is 2. The van der Waals surface area contributed by atoms with Gasteiger partial charge in [-0.25, -0.2) is 14.0 Å². The second-order valence-corrected chi connectivity index (χ2v) is 7.33. The van der Waals surface area contributed by atoms with Crippen LogP contribution in [-0.4, -0.2) is 47.8 Å². The summed E-state index contributed by atoms with van der Waals surface area (Å²) < 4.78 is 13.7. The number of carbonyl (C=O) groups excluding carboxylic acids is 1. The van der Waals surface area contributed by atoms with Crippen molar-refractivity contribution in [3.05, 3.63) is 65.5 Å². The van der Waals surface area contributed by atoms with Crippen LogP contribution in [-0.2, 0) is 13.0 Å². The van der Waals surface area contributed by atoms with Crippen LogP contribution in [0.15, 0.2) is 48.5 Å². The molecule has 4 N–H and O–H groups in total. The number of anilines is 1. The first-order valence-corrected chi connectivity index (χ1v) is 10.1. The number of halogens is 1. The van der Waals surface area contributed by atoms with Crippen LogP contribution in [0.1, 0.15) is 24.0 Å². The lowest BCUT2D eigenvalue weighted by Crippen LogP contribution is -2.46. The van der Waals surface area contributed by atoms with Crippen LogP contribution < -0.4 is 16.0 Å². The molecular weight excluding hydrogens is 387 g/mol. The zero-order valence-electron chi connectivity index (χ0n) is 16.7. The third kappa shape index (κ3) is 6.37. The molecule has 30 heavy (non-hydrogen) atoms. The summed E-state index contributed by atoms with van der Waals surface area (Å²) in [6, 6.07) is 14.5. The first-order chi connectivity index (χ1) is 14.5. The van der Waals surface area contributed by atoms with Crippen LogP contribution >= 0.6 is 0 Å². The summed E-state index contributed by atoms with van der Waals surface area (Å²) in [4.78, 5) is 24.6. The van der Waals surface area contributed by atoms with Crippen molar-refractivity contribution in [2.75, 3.05) is 25.0 Å². The third-order valence-corrected chi connectivity index (χ3v) is 5.18. The summed E-state index contributed by atoms with van der Waals surface area (Å²) >= 11 is 0. The fourth-order valence-corrected chi connectivity index (χ4v) is 3.47. The van der Waals surface area contributed by atoms with E-state index in [2.05, 4.69) is 16.0 Å². The number of likely N-dealkylation sites (tertiary alicyclic amines) is 1. The minimum atomic E-state index is -1.01. The Labute approximate surface area is 175 Å². The van der Waals surface area contributed by atoms with Crippen molar-refractivity contribution in [1.29, 1.82) is 0 Å². The maximum atomic E-state index is 13.7. The molecule has 2 aromatic rings. The van der Waals surface area contributed by atoms with Gasteiger partial charge in [0.25, 0.3) is 0 Å². The number of hydrogen-bond acceptors (Lipinski definition) is 3. The molecule has 1 heterocycles. The van der Waals surface area contributed by atoms with Gasteiger partial charge >= 0.3 is 12.1 Å². The van der Waals surface area contributed by atoms with Gasteiger partial charge in [-0.3, -0.25) is 0 Å². The summed E-state index contributed by atoms with van der Waals surface area (Å²) in [6.07, 6.45) is 1.29. The standard InChI is InChI=1S/C22H27FN4O3/c23-20-4-2-1-3-17(20)15-25-21(28)27-13-10-19(11-14-27)26-18-7-5-16(6-8-18)9-12-24-22(29)30/h1-8,19,24,26H,9-15H2,(H,25,28)(H,29,30). The van der Waals surface area contributed by atoms with Crippen molar-refractivity contribution >= 4 is 17.8 Å². The van der Waals surface area contributed by atoms with E-state index in [1.165, 1.54) is 6.07 Å². The van der Waals surface area contributed by atoms with Crippen LogP contribution in [0, 0.1) is 5.82 Å². The van der Waals surface area contributed by atoms with Gasteiger partial charge in [0, 0.05) is 43.5 Å². The first-order valence-electron chi connectivity index (χ1n) is 10.1. The number of piperidine rings is 1. The second-order valence-electron chi connectivity index (χ2n) is 7.33. The smallest absolute Gasteiger partial charge is 0.404 e. The van der Waals surface area contributed by atoms with Crippen LogP contribution in [0.2, 0.25) is 0 Å². The molecule has 8 heteroatoms. The van der Waals surface area contributed by atoms with E-state index in [0.717, 1.165) is 24.1 Å². The molecule has 0 radical (unpaired) electrons. The van der Waals surface area contributed by atoms with Gasteiger partial charge in [-0.1, -0.05) is 30.3 Å². The minimum Gasteiger partial charge on any atom is -0.465 e. The predicted octanol–water partition coefficient (Wildman–Crippen LogP) is 3.42. The van der Waals surface area contributed by atoms with Gasteiger partial charge in [0.1, 0.15) is 5.82 Å². The number of carboxylic acid groups (broad SMARTS) is 1. The van der Waals surface area contributed by atoms with E-state index in [1.54, 1.807) is 23.1 Å². The summed E-state index contributed by atoms with van der Waals surface area (Å²) in [5, 5.41) is 17.2. The molecule has 7 nitrogen and oxygen atoms in total. The largest absolute Gasteiger partial charge is 0.465 e. The third-order valence-electron chi connectivity index (χ3n) is 5.18. The first kappa shape index (κ1) is 21.4. The van der Waals surface area contributed by atoms with E-state index in [0.29, 0.717) is 31.6 Å². The van der Waals surface area contributed by atoms with Crippen molar-refractivity contribution in [2.24, 2.45) is 0 Å². The van der Waals surface area contributed by atoms with Gasteiger partial charge < -0.3 is 26.0 Å². The fourth-order valence-electron chi connectivity index (χ4n) is 3.47. The number of nitrogens with zero attached hydrogens (tertiary/aromatic N) is 1. The molecule has 1 aliphatic rings. The molecule has 0 atom stereocenters. The molecule has 1 fully saturated rings. The zero-order chi connectivity index (χ0) is 21.3. The van der Waals surface area contributed by atoms with E-state index in [-0.39, 0.29) is 24.4 Å². The summed E-state index contributed by atoms with van der Waals surface area (Å²) in [5.41, 5.74) is 2.55. The van der Waals surface area contributed by atoms with E-state index in [9.17, 15) is 14.0 Å². The second kappa shape index (κ2) is 10.5. The zero-order valence-corrected chi connectivity index (χ0v) is 16.7. The Morgan fingerprint density at radius 1 is 1.03 bits per heavy atom. The fraction of sp³-hybridized carbons (Fsp3) is 0.364. The Morgan fingerprint density at radius 3 is 2.40 bits per heavy atom. The highest BCUT2D eigenvalue weighted by Crippen LogP contribution is 2.18. The Bertz CT molecular complexity index is 852. The lowest BCUT2D eigenvalue weighted by molar-refractivity contribution is 0.183.